The summed E-state index contributed by atoms with van der Waals surface area (Å²) in [5.41, 5.74) is 1.95. The quantitative estimate of drug-likeness (QED) is 0.119. The zero-order valence-corrected chi connectivity index (χ0v) is 31.5. The summed E-state index contributed by atoms with van der Waals surface area (Å²) in [6, 6.07) is 19.5. The molecule has 18 heteroatoms. The summed E-state index contributed by atoms with van der Waals surface area (Å²) in [4.78, 5) is -1.77. The molecule has 0 saturated heterocycles. The first-order valence-electron chi connectivity index (χ1n) is 13.0. The Morgan fingerprint density at radius 3 is 1.67 bits per heavy atom. The molecule has 0 amide bonds. The van der Waals surface area contributed by atoms with E-state index in [0.29, 0.717) is 34.3 Å². The molecule has 14 nitrogen and oxygen atoms in total. The van der Waals surface area contributed by atoms with Crippen molar-refractivity contribution in [2.24, 2.45) is 20.5 Å². The Morgan fingerprint density at radius 1 is 0.625 bits per heavy atom. The van der Waals surface area contributed by atoms with E-state index in [1.807, 2.05) is 0 Å². The predicted octanol–water partition coefficient (Wildman–Crippen LogP) is 0.00340. The molecule has 0 spiro atoms. The number of azo groups is 2. The summed E-state index contributed by atoms with van der Waals surface area (Å²) in [6.45, 7) is 0. The first kappa shape index (κ1) is 39.0. The maximum absolute atomic E-state index is 12.8. The summed E-state index contributed by atoms with van der Waals surface area (Å²) in [5, 5.41) is 39.9. The molecule has 236 valence electrons. The summed E-state index contributed by atoms with van der Waals surface area (Å²) < 4.78 is 78.0. The van der Waals surface area contributed by atoms with Gasteiger partial charge in [-0.3, -0.25) is 9.11 Å². The van der Waals surface area contributed by atoms with Crippen LogP contribution < -0.4 is 78.8 Å². The fourth-order valence-corrected chi connectivity index (χ4v) is 5.79. The van der Waals surface area contributed by atoms with Gasteiger partial charge in [0.2, 0.25) is 0 Å². The number of hydrogen-bond donors (Lipinski definition) is 2. The monoisotopic (exact) mass is 708 g/mol. The van der Waals surface area contributed by atoms with Gasteiger partial charge in [0.1, 0.15) is 27.8 Å². The second-order valence-corrected chi connectivity index (χ2v) is 12.4. The molecule has 0 fully saturated rings. The molecule has 0 unspecified atom stereocenters. The normalized spacial score (nSPS) is 11.8. The Labute approximate surface area is 319 Å². The maximum Gasteiger partial charge on any atom is 1.00 e. The molecule has 2 N–H and O–H groups in total. The van der Waals surface area contributed by atoms with Crippen molar-refractivity contribution in [3.05, 3.63) is 84.9 Å². The zero-order chi connectivity index (χ0) is 33.2. The standard InChI is InChI=1S/C30H24N4O10S2.2Na/c1-43-26-14-17(3-10-23(26)32-31-20-6-8-21(35)9-7-20)18-4-11-24(27(15-18)44-2)33-34-30-25(36)12-5-19-13-22(45(37,38)39)16-28(29(19)30)46(40,41)42;;/h3-16,35-36H,1-2H3,(H,37,38,39)(H,40,41,42);;/q;2*+1/p-2. The van der Waals surface area contributed by atoms with Crippen molar-refractivity contribution in [3.8, 4) is 34.1 Å². The van der Waals surface area contributed by atoms with Crippen molar-refractivity contribution in [3.63, 3.8) is 0 Å². The molecule has 0 aliphatic carbocycles. The molecular formula is C30H22N4Na2O10S2. The van der Waals surface area contributed by atoms with Gasteiger partial charge in [0.15, 0.2) is 0 Å². The van der Waals surface area contributed by atoms with Gasteiger partial charge < -0.3 is 19.7 Å². The average Bonchev–Trinajstić information content (AvgIpc) is 3.02. The van der Waals surface area contributed by atoms with Gasteiger partial charge in [-0.1, -0.05) is 42.1 Å². The molecule has 0 aliphatic rings. The van der Waals surface area contributed by atoms with Gasteiger partial charge in [0, 0.05) is 5.39 Å². The number of ether oxygens (including phenoxy) is 2. The zero-order valence-electron chi connectivity index (χ0n) is 25.8. The van der Waals surface area contributed by atoms with E-state index < -0.39 is 46.9 Å². The number of methoxy groups -OCH3 is 2. The van der Waals surface area contributed by atoms with Crippen molar-refractivity contribution >= 4 is 53.8 Å². The van der Waals surface area contributed by atoms with Gasteiger partial charge in [-0.05, 0) is 65.0 Å². The predicted molar refractivity (Wildman–Crippen MR) is 162 cm³/mol. The van der Waals surface area contributed by atoms with E-state index in [0.717, 1.165) is 18.2 Å². The summed E-state index contributed by atoms with van der Waals surface area (Å²) >= 11 is 0. The van der Waals surface area contributed by atoms with Gasteiger partial charge in [0.05, 0.1) is 30.5 Å². The van der Waals surface area contributed by atoms with Crippen LogP contribution in [0.1, 0.15) is 0 Å². The molecule has 0 saturated carbocycles. The molecule has 0 atom stereocenters. The number of rotatable bonds is 9. The minimum absolute atomic E-state index is 0. The minimum atomic E-state index is -5.09. The molecule has 0 aliphatic heterocycles. The summed E-state index contributed by atoms with van der Waals surface area (Å²) in [6.07, 6.45) is 0. The van der Waals surface area contributed by atoms with Crippen molar-refractivity contribution in [2.75, 3.05) is 14.2 Å². The molecule has 48 heavy (non-hydrogen) atoms. The number of fused-ring (bicyclic) bond motifs is 1. The third kappa shape index (κ3) is 8.78. The third-order valence-corrected chi connectivity index (χ3v) is 8.34. The van der Waals surface area contributed by atoms with Gasteiger partial charge in [-0.25, -0.2) is 0 Å². The number of nitrogens with zero attached hydrogens (tertiary/aromatic N) is 4. The Bertz CT molecular complexity index is 2270. The van der Waals surface area contributed by atoms with Crippen LogP contribution in [0.5, 0.6) is 23.0 Å². The van der Waals surface area contributed by atoms with Gasteiger partial charge in [-0.15, -0.1) is 16.0 Å². The van der Waals surface area contributed by atoms with Crippen LogP contribution in [0, 0.1) is 0 Å². The van der Waals surface area contributed by atoms with Crippen LogP contribution in [0.25, 0.3) is 21.9 Å². The van der Waals surface area contributed by atoms with Crippen molar-refractivity contribution in [1.82, 2.24) is 0 Å². The SMILES string of the molecule is COc1cc(-c2ccc(N=Nc3c([O-])ccc4cc(S(=O)(=O)O)cc(S(=O)(=O)O)c34)c(OC)c2)ccc1N=Nc1ccc([O-])cc1.[Na+].[Na+]. The van der Waals surface area contributed by atoms with Gasteiger partial charge >= 0.3 is 59.1 Å². The first-order valence-corrected chi connectivity index (χ1v) is 15.9. The molecule has 0 aromatic heterocycles. The van der Waals surface area contributed by atoms with Crippen LogP contribution in [0.4, 0.5) is 22.7 Å². The van der Waals surface area contributed by atoms with E-state index in [9.17, 15) is 36.2 Å². The summed E-state index contributed by atoms with van der Waals surface area (Å²) in [5.74, 6) is -0.281. The Hall–Kier alpha value is -3.42. The maximum atomic E-state index is 12.8. The van der Waals surface area contributed by atoms with E-state index in [2.05, 4.69) is 20.5 Å². The largest absolute Gasteiger partial charge is 1.00 e. The fourth-order valence-electron chi connectivity index (χ4n) is 4.42. The minimum Gasteiger partial charge on any atom is -0.872 e. The fraction of sp³-hybridized carbons (Fsp3) is 0.0667. The summed E-state index contributed by atoms with van der Waals surface area (Å²) in [7, 11) is -7.10. The number of hydrogen-bond acceptors (Lipinski definition) is 12. The van der Waals surface area contributed by atoms with E-state index in [4.69, 9.17) is 9.47 Å². The molecule has 5 aromatic rings. The van der Waals surface area contributed by atoms with Crippen LogP contribution in [0.15, 0.2) is 115 Å². The molecule has 5 aromatic carbocycles. The van der Waals surface area contributed by atoms with Crippen LogP contribution in [0.3, 0.4) is 0 Å². The van der Waals surface area contributed by atoms with E-state index in [-0.39, 0.29) is 81.7 Å². The van der Waals surface area contributed by atoms with Crippen molar-refractivity contribution in [1.29, 1.82) is 0 Å². The smallest absolute Gasteiger partial charge is 0.872 e. The van der Waals surface area contributed by atoms with Crippen LogP contribution in [-0.2, 0) is 20.2 Å². The molecule has 0 heterocycles. The first-order chi connectivity index (χ1) is 21.8. The Morgan fingerprint density at radius 2 is 1.17 bits per heavy atom. The van der Waals surface area contributed by atoms with Crippen molar-refractivity contribution in [2.45, 2.75) is 9.79 Å². The molecular weight excluding hydrogens is 686 g/mol. The Balaban J connectivity index is 0.00000312. The van der Waals surface area contributed by atoms with Gasteiger partial charge in [0.25, 0.3) is 20.2 Å². The van der Waals surface area contributed by atoms with Crippen LogP contribution >= 0.6 is 0 Å². The topological polar surface area (TPSA) is 223 Å². The van der Waals surface area contributed by atoms with Gasteiger partial charge in [-0.2, -0.15) is 27.1 Å². The van der Waals surface area contributed by atoms with E-state index in [1.165, 1.54) is 32.4 Å². The van der Waals surface area contributed by atoms with E-state index >= 15 is 0 Å². The van der Waals surface area contributed by atoms with E-state index in [1.54, 1.807) is 42.5 Å². The molecule has 5 rings (SSSR count). The Kier molecular flexibility index (Phi) is 12.9. The number of benzene rings is 5. The van der Waals surface area contributed by atoms with Crippen LogP contribution in [0.2, 0.25) is 0 Å². The molecule has 0 radical (unpaired) electrons. The van der Waals surface area contributed by atoms with Crippen molar-refractivity contribution < 1.29 is 105 Å². The average molecular weight is 709 g/mol. The third-order valence-electron chi connectivity index (χ3n) is 6.63. The second-order valence-electron chi connectivity index (χ2n) is 9.55. The van der Waals surface area contributed by atoms with Crippen LogP contribution in [-0.4, -0.2) is 40.2 Å². The second kappa shape index (κ2) is 15.9. The molecule has 0 bridgehead atoms.